The van der Waals surface area contributed by atoms with Gasteiger partial charge < -0.3 is 11.1 Å². The molecule has 0 heterocycles. The van der Waals surface area contributed by atoms with E-state index in [4.69, 9.17) is 5.73 Å². The Balaban J connectivity index is 2.08. The summed E-state index contributed by atoms with van der Waals surface area (Å²) in [5.74, 6) is -0.296. The van der Waals surface area contributed by atoms with Crippen LogP contribution in [0.3, 0.4) is 0 Å². The predicted octanol–water partition coefficient (Wildman–Crippen LogP) is 3.93. The van der Waals surface area contributed by atoms with Crippen LogP contribution in [-0.4, -0.2) is 12.5 Å². The number of hydrogen-bond acceptors (Lipinski definition) is 2. The zero-order valence-corrected chi connectivity index (χ0v) is 12.9. The van der Waals surface area contributed by atoms with Gasteiger partial charge in [0.1, 0.15) is 0 Å². The first-order valence-corrected chi connectivity index (χ1v) is 7.42. The maximum atomic E-state index is 12.8. The van der Waals surface area contributed by atoms with Crippen LogP contribution in [0.15, 0.2) is 22.7 Å². The molecular weight excluding hydrogens is 349 g/mol. The number of carbonyl (C=O) groups excluding carboxylic acids is 1. The number of rotatable bonds is 4. The first kappa shape index (κ1) is 16.3. The van der Waals surface area contributed by atoms with Crippen molar-refractivity contribution in [3.8, 4) is 0 Å². The van der Waals surface area contributed by atoms with Crippen LogP contribution in [0.1, 0.15) is 31.2 Å². The molecule has 3 nitrogen and oxygen atoms in total. The predicted molar refractivity (Wildman–Crippen MR) is 77.7 cm³/mol. The molecule has 2 rings (SSSR count). The van der Waals surface area contributed by atoms with Crippen LogP contribution >= 0.6 is 15.9 Å². The molecule has 1 amide bonds. The molecule has 116 valence electrons. The second-order valence-electron chi connectivity index (χ2n) is 5.48. The van der Waals surface area contributed by atoms with E-state index in [1.54, 1.807) is 0 Å². The second-order valence-corrected chi connectivity index (χ2v) is 6.33. The van der Waals surface area contributed by atoms with Gasteiger partial charge in [-0.3, -0.25) is 4.79 Å². The molecule has 0 aliphatic heterocycles. The Bertz CT molecular complexity index is 536. The summed E-state index contributed by atoms with van der Waals surface area (Å²) < 4.78 is 38.3. The molecule has 0 spiro atoms. The van der Waals surface area contributed by atoms with Crippen LogP contribution in [0, 0.1) is 5.41 Å². The normalized spacial score (nSPS) is 17.2. The van der Waals surface area contributed by atoms with E-state index in [9.17, 15) is 18.0 Å². The van der Waals surface area contributed by atoms with Gasteiger partial charge in [0.05, 0.1) is 5.56 Å². The number of nitrogens with two attached hydrogens (primary N) is 1. The van der Waals surface area contributed by atoms with Gasteiger partial charge in [-0.2, -0.15) is 13.2 Å². The van der Waals surface area contributed by atoms with Gasteiger partial charge in [-0.15, -0.1) is 0 Å². The van der Waals surface area contributed by atoms with Gasteiger partial charge in [0.15, 0.2) is 0 Å². The molecule has 0 atom stereocenters. The molecule has 1 fully saturated rings. The van der Waals surface area contributed by atoms with E-state index in [0.717, 1.165) is 25.3 Å². The van der Waals surface area contributed by atoms with Gasteiger partial charge in [0, 0.05) is 16.6 Å². The first-order valence-electron chi connectivity index (χ1n) is 6.62. The van der Waals surface area contributed by atoms with E-state index in [0.29, 0.717) is 6.54 Å². The minimum absolute atomic E-state index is 0.0505. The summed E-state index contributed by atoms with van der Waals surface area (Å²) >= 11 is 2.86. The summed E-state index contributed by atoms with van der Waals surface area (Å²) in [7, 11) is 0. The van der Waals surface area contributed by atoms with E-state index in [1.165, 1.54) is 12.1 Å². The zero-order chi connectivity index (χ0) is 15.7. The maximum absolute atomic E-state index is 12.8. The van der Waals surface area contributed by atoms with E-state index in [1.807, 2.05) is 0 Å². The van der Waals surface area contributed by atoms with Crippen molar-refractivity contribution in [1.29, 1.82) is 0 Å². The molecule has 0 saturated heterocycles. The SMILES string of the molecule is NCC1(CC(=O)Nc2ccc(Br)c(C(F)(F)F)c2)CCC1. The highest BCUT2D eigenvalue weighted by Crippen LogP contribution is 2.43. The van der Waals surface area contributed by atoms with Gasteiger partial charge in [0.25, 0.3) is 0 Å². The van der Waals surface area contributed by atoms with Crippen LogP contribution in [-0.2, 0) is 11.0 Å². The van der Waals surface area contributed by atoms with Crippen LogP contribution < -0.4 is 11.1 Å². The molecule has 1 saturated carbocycles. The highest BCUT2D eigenvalue weighted by Gasteiger charge is 2.38. The average molecular weight is 365 g/mol. The molecule has 0 unspecified atom stereocenters. The molecule has 7 heteroatoms. The number of hydrogen-bond donors (Lipinski definition) is 2. The number of anilines is 1. The van der Waals surface area contributed by atoms with Crippen LogP contribution in [0.25, 0.3) is 0 Å². The van der Waals surface area contributed by atoms with Gasteiger partial charge in [-0.25, -0.2) is 0 Å². The van der Waals surface area contributed by atoms with Crippen LogP contribution in [0.4, 0.5) is 18.9 Å². The fourth-order valence-electron chi connectivity index (χ4n) is 2.50. The van der Waals surface area contributed by atoms with Crippen molar-refractivity contribution in [1.82, 2.24) is 0 Å². The average Bonchev–Trinajstić information content (AvgIpc) is 2.35. The van der Waals surface area contributed by atoms with E-state index in [-0.39, 0.29) is 27.9 Å². The van der Waals surface area contributed by atoms with Crippen molar-refractivity contribution in [2.24, 2.45) is 11.1 Å². The van der Waals surface area contributed by atoms with E-state index in [2.05, 4.69) is 21.2 Å². The lowest BCUT2D eigenvalue weighted by atomic mass is 9.66. The summed E-state index contributed by atoms with van der Waals surface area (Å²) in [6.45, 7) is 0.425. The molecule has 0 aromatic heterocycles. The monoisotopic (exact) mass is 364 g/mol. The van der Waals surface area contributed by atoms with Crippen molar-refractivity contribution >= 4 is 27.5 Å². The lowest BCUT2D eigenvalue weighted by Crippen LogP contribution is -2.40. The summed E-state index contributed by atoms with van der Waals surface area (Å²) in [6, 6.07) is 3.64. The summed E-state index contributed by atoms with van der Waals surface area (Å²) in [5, 5.41) is 2.52. The van der Waals surface area contributed by atoms with E-state index < -0.39 is 11.7 Å². The van der Waals surface area contributed by atoms with E-state index >= 15 is 0 Å². The van der Waals surface area contributed by atoms with Gasteiger partial charge in [0.2, 0.25) is 5.91 Å². The van der Waals surface area contributed by atoms with Gasteiger partial charge >= 0.3 is 6.18 Å². The molecule has 21 heavy (non-hydrogen) atoms. The lowest BCUT2D eigenvalue weighted by Gasteiger charge is -2.40. The molecule has 1 aromatic rings. The van der Waals surface area contributed by atoms with Gasteiger partial charge in [-0.05, 0) is 43.0 Å². The summed E-state index contributed by atoms with van der Waals surface area (Å²) in [6.07, 6.45) is -1.38. The standard InChI is InChI=1S/C14H16BrF3N2O/c15-11-3-2-9(6-10(11)14(16,17)18)20-12(21)7-13(8-19)4-1-5-13/h2-3,6H,1,4-5,7-8,19H2,(H,20,21). The smallest absolute Gasteiger partial charge is 0.330 e. The molecule has 1 aromatic carbocycles. The molecule has 3 N–H and O–H groups in total. The van der Waals surface area contributed by atoms with Crippen LogP contribution in [0.2, 0.25) is 0 Å². The Kier molecular flexibility index (Phi) is 4.63. The third-order valence-electron chi connectivity index (χ3n) is 3.94. The van der Waals surface area contributed by atoms with Crippen molar-refractivity contribution in [2.45, 2.75) is 31.9 Å². The van der Waals surface area contributed by atoms with Crippen molar-refractivity contribution in [2.75, 3.05) is 11.9 Å². The number of amides is 1. The number of carbonyl (C=O) groups is 1. The Labute approximate surface area is 129 Å². The second kappa shape index (κ2) is 5.96. The fourth-order valence-corrected chi connectivity index (χ4v) is 2.97. The van der Waals surface area contributed by atoms with Crippen molar-refractivity contribution in [3.05, 3.63) is 28.2 Å². The molecule has 0 radical (unpaired) electrons. The Morgan fingerprint density at radius 2 is 2.05 bits per heavy atom. The largest absolute Gasteiger partial charge is 0.417 e. The van der Waals surface area contributed by atoms with Gasteiger partial charge in [-0.1, -0.05) is 22.4 Å². The molecular formula is C14H16BrF3N2O. The summed E-state index contributed by atoms with van der Waals surface area (Å²) in [5.41, 5.74) is 4.84. The number of halogens is 4. The number of nitrogens with one attached hydrogen (secondary N) is 1. The fraction of sp³-hybridized carbons (Fsp3) is 0.500. The van der Waals surface area contributed by atoms with Crippen molar-refractivity contribution in [3.63, 3.8) is 0 Å². The maximum Gasteiger partial charge on any atom is 0.417 e. The minimum Gasteiger partial charge on any atom is -0.330 e. The Hall–Kier alpha value is -1.08. The first-order chi connectivity index (χ1) is 9.76. The third-order valence-corrected chi connectivity index (χ3v) is 4.63. The Morgan fingerprint density at radius 1 is 1.38 bits per heavy atom. The summed E-state index contributed by atoms with van der Waals surface area (Å²) in [4.78, 5) is 12.0. The Morgan fingerprint density at radius 3 is 2.52 bits per heavy atom. The molecule has 1 aliphatic rings. The lowest BCUT2D eigenvalue weighted by molar-refractivity contribution is -0.138. The molecule has 0 bridgehead atoms. The number of benzene rings is 1. The van der Waals surface area contributed by atoms with Crippen molar-refractivity contribution < 1.29 is 18.0 Å². The third kappa shape index (κ3) is 3.77. The zero-order valence-electron chi connectivity index (χ0n) is 11.3. The quantitative estimate of drug-likeness (QED) is 0.850. The minimum atomic E-state index is -4.47. The molecule has 1 aliphatic carbocycles. The van der Waals surface area contributed by atoms with Crippen LogP contribution in [0.5, 0.6) is 0 Å². The highest BCUT2D eigenvalue weighted by atomic mass is 79.9. The highest BCUT2D eigenvalue weighted by molar-refractivity contribution is 9.10. The number of alkyl halides is 3. The topological polar surface area (TPSA) is 55.1 Å².